The number of alkyl halides is 2. The number of halogens is 2. The largest absolute Gasteiger partial charge is 0.466 e. The van der Waals surface area contributed by atoms with E-state index in [1.165, 1.54) is 4.90 Å². The Labute approximate surface area is 94.2 Å². The Morgan fingerprint density at radius 2 is 2.06 bits per heavy atom. The first kappa shape index (κ1) is 15.2. The minimum Gasteiger partial charge on any atom is -0.466 e. The lowest BCUT2D eigenvalue weighted by Crippen LogP contribution is -2.37. The van der Waals surface area contributed by atoms with Crippen molar-refractivity contribution in [3.63, 3.8) is 0 Å². The summed E-state index contributed by atoms with van der Waals surface area (Å²) in [4.78, 5) is 12.6. The van der Waals surface area contributed by atoms with E-state index in [4.69, 9.17) is 9.84 Å². The van der Waals surface area contributed by atoms with Crippen molar-refractivity contribution in [1.29, 1.82) is 0 Å². The van der Waals surface area contributed by atoms with Crippen molar-refractivity contribution < 1.29 is 23.4 Å². The van der Waals surface area contributed by atoms with Crippen LogP contribution in [-0.2, 0) is 9.53 Å². The van der Waals surface area contributed by atoms with Crippen LogP contribution in [0.1, 0.15) is 13.8 Å². The Morgan fingerprint density at radius 3 is 2.50 bits per heavy atom. The van der Waals surface area contributed by atoms with E-state index in [9.17, 15) is 13.6 Å². The predicted octanol–water partition coefficient (Wildman–Crippen LogP) is 0.745. The molecule has 0 aromatic rings. The zero-order valence-corrected chi connectivity index (χ0v) is 9.66. The molecule has 0 aromatic heterocycles. The number of hydrogen-bond donors (Lipinski definition) is 1. The van der Waals surface area contributed by atoms with Gasteiger partial charge in [-0.15, -0.1) is 0 Å². The van der Waals surface area contributed by atoms with Crippen LogP contribution in [0.4, 0.5) is 8.78 Å². The van der Waals surface area contributed by atoms with Gasteiger partial charge in [-0.2, -0.15) is 0 Å². The second-order valence-electron chi connectivity index (χ2n) is 3.53. The van der Waals surface area contributed by atoms with Crippen molar-refractivity contribution in [3.8, 4) is 0 Å². The van der Waals surface area contributed by atoms with Crippen molar-refractivity contribution in [2.45, 2.75) is 20.3 Å². The standard InChI is InChI=1S/C10H19F2NO3/c1-3-16-10(15)8(2)6-13(4-5-14)7-9(11)12/h8-9,14H,3-7H2,1-2H3. The second-order valence-corrected chi connectivity index (χ2v) is 3.53. The van der Waals surface area contributed by atoms with Gasteiger partial charge in [0.1, 0.15) is 0 Å². The molecule has 4 nitrogen and oxygen atoms in total. The minimum absolute atomic E-state index is 0.133. The van der Waals surface area contributed by atoms with Gasteiger partial charge >= 0.3 is 5.97 Å². The number of carbonyl (C=O) groups excluding carboxylic acids is 1. The number of rotatable bonds is 8. The monoisotopic (exact) mass is 239 g/mol. The summed E-state index contributed by atoms with van der Waals surface area (Å²) in [6, 6.07) is 0. The zero-order valence-electron chi connectivity index (χ0n) is 9.66. The molecule has 0 fully saturated rings. The predicted molar refractivity (Wildman–Crippen MR) is 55.3 cm³/mol. The highest BCUT2D eigenvalue weighted by atomic mass is 19.3. The van der Waals surface area contributed by atoms with Gasteiger partial charge in [0.15, 0.2) is 0 Å². The normalized spacial score (nSPS) is 13.2. The minimum atomic E-state index is -2.47. The fourth-order valence-electron chi connectivity index (χ4n) is 1.34. The van der Waals surface area contributed by atoms with Crippen LogP contribution in [-0.4, -0.2) is 55.2 Å². The number of ether oxygens (including phenoxy) is 1. The molecule has 0 spiro atoms. The first-order valence-electron chi connectivity index (χ1n) is 5.29. The van der Waals surface area contributed by atoms with Gasteiger partial charge < -0.3 is 9.84 Å². The van der Waals surface area contributed by atoms with E-state index in [0.29, 0.717) is 0 Å². The smallest absolute Gasteiger partial charge is 0.309 e. The third-order valence-corrected chi connectivity index (χ3v) is 2.03. The lowest BCUT2D eigenvalue weighted by molar-refractivity contribution is -0.148. The van der Waals surface area contributed by atoms with Crippen LogP contribution in [0.15, 0.2) is 0 Å². The van der Waals surface area contributed by atoms with E-state index in [0.717, 1.165) is 0 Å². The van der Waals surface area contributed by atoms with E-state index in [2.05, 4.69) is 0 Å². The average Bonchev–Trinajstić information content (AvgIpc) is 2.17. The van der Waals surface area contributed by atoms with Crippen LogP contribution in [0.5, 0.6) is 0 Å². The van der Waals surface area contributed by atoms with E-state index in [1.54, 1.807) is 13.8 Å². The van der Waals surface area contributed by atoms with Gasteiger partial charge in [-0.25, -0.2) is 8.78 Å². The molecule has 0 saturated carbocycles. The number of carbonyl (C=O) groups is 1. The van der Waals surface area contributed by atoms with Gasteiger partial charge in [-0.1, -0.05) is 6.92 Å². The number of esters is 1. The van der Waals surface area contributed by atoms with Crippen molar-refractivity contribution >= 4 is 5.97 Å². The molecule has 1 atom stereocenters. The fourth-order valence-corrected chi connectivity index (χ4v) is 1.34. The van der Waals surface area contributed by atoms with Crippen molar-refractivity contribution in [3.05, 3.63) is 0 Å². The summed E-state index contributed by atoms with van der Waals surface area (Å²) >= 11 is 0. The third-order valence-electron chi connectivity index (χ3n) is 2.03. The van der Waals surface area contributed by atoms with E-state index >= 15 is 0 Å². The van der Waals surface area contributed by atoms with Crippen molar-refractivity contribution in [2.24, 2.45) is 5.92 Å². The SMILES string of the molecule is CCOC(=O)C(C)CN(CCO)CC(F)F. The maximum Gasteiger partial charge on any atom is 0.309 e. The summed E-state index contributed by atoms with van der Waals surface area (Å²) in [5, 5.41) is 8.70. The molecule has 0 bridgehead atoms. The zero-order chi connectivity index (χ0) is 12.6. The molecular formula is C10H19F2NO3. The third kappa shape index (κ3) is 6.68. The Hall–Kier alpha value is -0.750. The Balaban J connectivity index is 4.10. The molecule has 1 N–H and O–H groups in total. The summed E-state index contributed by atoms with van der Waals surface area (Å²) in [7, 11) is 0. The molecule has 0 radical (unpaired) electrons. The molecule has 0 aliphatic rings. The molecular weight excluding hydrogens is 220 g/mol. The van der Waals surface area contributed by atoms with Crippen molar-refractivity contribution in [1.82, 2.24) is 4.90 Å². The quantitative estimate of drug-likeness (QED) is 0.635. The molecule has 1 unspecified atom stereocenters. The molecule has 0 amide bonds. The number of nitrogens with zero attached hydrogens (tertiary/aromatic N) is 1. The van der Waals surface area contributed by atoms with Crippen molar-refractivity contribution in [2.75, 3.05) is 32.8 Å². The maximum absolute atomic E-state index is 12.2. The van der Waals surface area contributed by atoms with Gasteiger partial charge in [0.05, 0.1) is 25.7 Å². The summed E-state index contributed by atoms with van der Waals surface area (Å²) < 4.78 is 29.1. The number of aliphatic hydroxyl groups is 1. The Bertz CT molecular complexity index is 203. The van der Waals surface area contributed by atoms with Crippen LogP contribution in [0.25, 0.3) is 0 Å². The van der Waals surface area contributed by atoms with Crippen LogP contribution < -0.4 is 0 Å². The molecule has 16 heavy (non-hydrogen) atoms. The van der Waals surface area contributed by atoms with E-state index < -0.39 is 24.9 Å². The lowest BCUT2D eigenvalue weighted by Gasteiger charge is -2.23. The molecule has 0 heterocycles. The Kier molecular flexibility index (Phi) is 8.01. The Morgan fingerprint density at radius 1 is 1.44 bits per heavy atom. The van der Waals surface area contributed by atoms with Gasteiger partial charge in [-0.3, -0.25) is 9.69 Å². The first-order chi connectivity index (χ1) is 7.51. The van der Waals surface area contributed by atoms with Crippen LogP contribution in [0.2, 0.25) is 0 Å². The van der Waals surface area contributed by atoms with Gasteiger partial charge in [0.25, 0.3) is 6.43 Å². The highest BCUT2D eigenvalue weighted by Crippen LogP contribution is 2.05. The van der Waals surface area contributed by atoms with E-state index in [-0.39, 0.29) is 26.3 Å². The van der Waals surface area contributed by atoms with Crippen LogP contribution in [0.3, 0.4) is 0 Å². The van der Waals surface area contributed by atoms with E-state index in [1.807, 2.05) is 0 Å². The molecule has 6 heteroatoms. The van der Waals surface area contributed by atoms with Gasteiger partial charge in [0, 0.05) is 13.1 Å². The van der Waals surface area contributed by atoms with Gasteiger partial charge in [0.2, 0.25) is 0 Å². The molecule has 0 rings (SSSR count). The average molecular weight is 239 g/mol. The molecule has 96 valence electrons. The molecule has 0 aliphatic carbocycles. The van der Waals surface area contributed by atoms with Crippen LogP contribution >= 0.6 is 0 Å². The topological polar surface area (TPSA) is 49.8 Å². The maximum atomic E-state index is 12.2. The van der Waals surface area contributed by atoms with Crippen LogP contribution in [0, 0.1) is 5.92 Å². The molecule has 0 saturated heterocycles. The highest BCUT2D eigenvalue weighted by Gasteiger charge is 2.20. The second kappa shape index (κ2) is 8.41. The summed E-state index contributed by atoms with van der Waals surface area (Å²) in [6.45, 7) is 3.24. The summed E-state index contributed by atoms with van der Waals surface area (Å²) in [5.41, 5.74) is 0. The first-order valence-corrected chi connectivity index (χ1v) is 5.29. The number of aliphatic hydroxyl groups excluding tert-OH is 1. The lowest BCUT2D eigenvalue weighted by atomic mass is 10.1. The molecule has 0 aromatic carbocycles. The summed E-state index contributed by atoms with van der Waals surface area (Å²) in [6.07, 6.45) is -2.47. The number of hydrogen-bond acceptors (Lipinski definition) is 4. The fraction of sp³-hybridized carbons (Fsp3) is 0.900. The summed E-state index contributed by atoms with van der Waals surface area (Å²) in [5.74, 6) is -0.870. The highest BCUT2D eigenvalue weighted by molar-refractivity contribution is 5.72. The molecule has 0 aliphatic heterocycles. The van der Waals surface area contributed by atoms with Gasteiger partial charge in [-0.05, 0) is 6.92 Å².